The molecule has 4 N–H and O–H groups in total. The number of phenols is 2. The molecule has 6 aliphatic rings. The van der Waals surface area contributed by atoms with E-state index in [9.17, 15) is 20.4 Å². The normalized spacial score (nSPS) is 40.7. The van der Waals surface area contributed by atoms with Crippen molar-refractivity contribution in [3.05, 3.63) is 46.5 Å². The molecule has 0 aromatic heterocycles. The fraction of sp³-hybridized carbons (Fsp3) is 0.667. The minimum absolute atomic E-state index is 0.00521. The van der Waals surface area contributed by atoms with Gasteiger partial charge in [0, 0.05) is 12.1 Å². The summed E-state index contributed by atoms with van der Waals surface area (Å²) in [6.07, 6.45) is 11.6. The van der Waals surface area contributed by atoms with Crippen LogP contribution in [0.1, 0.15) is 112 Å². The van der Waals surface area contributed by atoms with Crippen LogP contribution >= 0.6 is 0 Å². The van der Waals surface area contributed by atoms with Crippen LogP contribution in [0.3, 0.4) is 0 Å². The Bertz CT molecular complexity index is 1320. The predicted octanol–water partition coefficient (Wildman–Crippen LogP) is 6.52. The van der Waals surface area contributed by atoms with Crippen molar-refractivity contribution < 1.29 is 29.7 Å². The van der Waals surface area contributed by atoms with Crippen molar-refractivity contribution in [1.29, 1.82) is 0 Å². The highest BCUT2D eigenvalue weighted by atomic mass is 16.6. The van der Waals surface area contributed by atoms with Gasteiger partial charge in [0.15, 0.2) is 0 Å². The number of aromatic hydroxyl groups is 2. The van der Waals surface area contributed by atoms with E-state index in [0.717, 1.165) is 88.2 Å². The lowest BCUT2D eigenvalue weighted by Crippen LogP contribution is -2.44. The molecule has 1 radical (unpaired) electrons. The maximum atomic E-state index is 10.8. The lowest BCUT2D eigenvalue weighted by Gasteiger charge is -2.50. The molecule has 2 aromatic carbocycles. The molecule has 6 aliphatic carbocycles. The molecule has 4 fully saturated rings. The van der Waals surface area contributed by atoms with Gasteiger partial charge in [0.1, 0.15) is 23.0 Å². The Morgan fingerprint density at radius 2 is 1.07 bits per heavy atom. The molecule has 0 bridgehead atoms. The highest BCUT2D eigenvalue weighted by molar-refractivity contribution is 6.21. The third-order valence-electron chi connectivity index (χ3n) is 13.8. The zero-order valence-electron chi connectivity index (χ0n) is 25.6. The Labute approximate surface area is 256 Å². The van der Waals surface area contributed by atoms with Crippen LogP contribution in [-0.2, 0) is 12.8 Å². The van der Waals surface area contributed by atoms with Crippen molar-refractivity contribution in [2.75, 3.05) is 0 Å². The summed E-state index contributed by atoms with van der Waals surface area (Å²) in [5.74, 6) is 4.49. The van der Waals surface area contributed by atoms with Gasteiger partial charge in [-0.15, -0.1) is 0 Å². The third-order valence-corrected chi connectivity index (χ3v) is 13.8. The molecule has 10 atom stereocenters. The van der Waals surface area contributed by atoms with E-state index in [2.05, 4.69) is 13.8 Å². The second-order valence-electron chi connectivity index (χ2n) is 15.5. The summed E-state index contributed by atoms with van der Waals surface area (Å²) < 4.78 is 12.6. The maximum Gasteiger partial charge on any atom is 0.658 e. The van der Waals surface area contributed by atoms with E-state index >= 15 is 0 Å². The SMILES string of the molecule is C[C@]12CC[C@@H]3c4c(cc(O)cc4O[B]Oc4cc(O)cc5c4[C@H]4CC[C@]6(C)[C@H](O)CC[C@H]6[C@@H]4CC5)CC[C@H]3[C@@H]1CC[C@H]2O. The minimum atomic E-state index is -0.207. The van der Waals surface area contributed by atoms with Crippen molar-refractivity contribution in [1.82, 2.24) is 0 Å². The summed E-state index contributed by atoms with van der Waals surface area (Å²) in [4.78, 5) is 0. The van der Waals surface area contributed by atoms with Gasteiger partial charge in [-0.1, -0.05) is 13.8 Å². The molecule has 229 valence electrons. The van der Waals surface area contributed by atoms with Crippen LogP contribution in [-0.4, -0.2) is 40.3 Å². The second kappa shape index (κ2) is 10.1. The number of rotatable bonds is 4. The number of hydrogen-bond acceptors (Lipinski definition) is 6. The topological polar surface area (TPSA) is 99.4 Å². The molecule has 0 aliphatic heterocycles. The first-order chi connectivity index (χ1) is 20.7. The average Bonchev–Trinajstić information content (AvgIpc) is 3.46. The smallest absolute Gasteiger partial charge is 0.526 e. The summed E-state index contributed by atoms with van der Waals surface area (Å²) >= 11 is 0. The maximum absolute atomic E-state index is 10.8. The number of aliphatic hydroxyl groups excluding tert-OH is 2. The van der Waals surface area contributed by atoms with Gasteiger partial charge in [-0.25, -0.2) is 0 Å². The second-order valence-corrected chi connectivity index (χ2v) is 15.5. The van der Waals surface area contributed by atoms with Crippen molar-refractivity contribution in [3.63, 3.8) is 0 Å². The van der Waals surface area contributed by atoms with Gasteiger partial charge in [-0.05, 0) is 158 Å². The average molecular weight is 586 g/mol. The minimum Gasteiger partial charge on any atom is -0.526 e. The summed E-state index contributed by atoms with van der Waals surface area (Å²) in [5.41, 5.74) is 4.72. The Balaban J connectivity index is 1.05. The third kappa shape index (κ3) is 4.20. The molecule has 4 saturated carbocycles. The van der Waals surface area contributed by atoms with Gasteiger partial charge < -0.3 is 29.7 Å². The molecule has 7 heteroatoms. The predicted molar refractivity (Wildman–Crippen MR) is 164 cm³/mol. The van der Waals surface area contributed by atoms with Crippen LogP contribution in [0.25, 0.3) is 0 Å². The van der Waals surface area contributed by atoms with E-state index in [-0.39, 0.29) is 34.5 Å². The molecule has 0 saturated heterocycles. The van der Waals surface area contributed by atoms with E-state index < -0.39 is 0 Å². The van der Waals surface area contributed by atoms with E-state index in [0.29, 0.717) is 47.0 Å². The fourth-order valence-electron chi connectivity index (χ4n) is 11.6. The Hall–Kier alpha value is -2.38. The van der Waals surface area contributed by atoms with Gasteiger partial charge in [0.2, 0.25) is 0 Å². The number of hydrogen-bond donors (Lipinski definition) is 4. The quantitative estimate of drug-likeness (QED) is 0.305. The van der Waals surface area contributed by atoms with Gasteiger partial charge >= 0.3 is 7.69 Å². The highest BCUT2D eigenvalue weighted by Crippen LogP contribution is 2.63. The first-order valence-corrected chi connectivity index (χ1v) is 16.9. The highest BCUT2D eigenvalue weighted by Gasteiger charge is 2.56. The van der Waals surface area contributed by atoms with Crippen LogP contribution in [0.4, 0.5) is 0 Å². The van der Waals surface area contributed by atoms with Crippen molar-refractivity contribution in [2.24, 2.45) is 34.5 Å². The zero-order chi connectivity index (χ0) is 29.7. The summed E-state index contributed by atoms with van der Waals surface area (Å²) in [7, 11) is 1.40. The largest absolute Gasteiger partial charge is 0.658 e. The Kier molecular flexibility index (Phi) is 6.59. The number of benzene rings is 2. The van der Waals surface area contributed by atoms with E-state index in [1.807, 2.05) is 12.1 Å². The first kappa shape index (κ1) is 28.1. The molecule has 0 heterocycles. The molecular formula is C36H46BO6. The van der Waals surface area contributed by atoms with E-state index in [1.54, 1.807) is 12.1 Å². The van der Waals surface area contributed by atoms with Gasteiger partial charge in [-0.2, -0.15) is 0 Å². The molecular weight excluding hydrogens is 539 g/mol. The van der Waals surface area contributed by atoms with E-state index in [4.69, 9.17) is 9.31 Å². The van der Waals surface area contributed by atoms with Crippen LogP contribution in [0, 0.1) is 34.5 Å². The molecule has 0 unspecified atom stereocenters. The molecule has 8 rings (SSSR count). The van der Waals surface area contributed by atoms with Crippen molar-refractivity contribution >= 4 is 7.69 Å². The van der Waals surface area contributed by atoms with Crippen LogP contribution < -0.4 is 9.31 Å². The van der Waals surface area contributed by atoms with Crippen molar-refractivity contribution in [2.45, 2.75) is 115 Å². The van der Waals surface area contributed by atoms with Gasteiger partial charge in [0.25, 0.3) is 0 Å². The number of fused-ring (bicyclic) bond motifs is 10. The molecule has 43 heavy (non-hydrogen) atoms. The standard InChI is InChI=1S/C36H46BO6/c1-35-13-11-25-23(27(35)7-9-31(35)40)5-3-19-15-21(38)17-29(33(19)25)42-37-43-30-18-22(39)16-20-4-6-24-26(34(20)30)12-14-36(2)28(24)8-10-32(36)41/h15-18,23-28,31-32,38-41H,3-14H2,1-2H3/t23-,24-,25+,26+,27+,28+,31-,32-,35+,36+/m1/s1. The van der Waals surface area contributed by atoms with E-state index in [1.165, 1.54) is 18.8 Å². The summed E-state index contributed by atoms with van der Waals surface area (Å²) in [5, 5.41) is 42.9. The molecule has 0 amide bonds. The number of phenolic OH excluding ortho intramolecular Hbond substituents is 2. The lowest BCUT2D eigenvalue weighted by atomic mass is 9.55. The summed E-state index contributed by atoms with van der Waals surface area (Å²) in [6, 6.07) is 7.25. The fourth-order valence-corrected chi connectivity index (χ4v) is 11.6. The lowest BCUT2D eigenvalue weighted by molar-refractivity contribution is -0.0228. The van der Waals surface area contributed by atoms with Gasteiger partial charge in [0.05, 0.1) is 12.2 Å². The Morgan fingerprint density at radius 1 is 0.628 bits per heavy atom. The van der Waals surface area contributed by atoms with Crippen LogP contribution in [0.5, 0.6) is 23.0 Å². The molecule has 2 aromatic rings. The number of aliphatic hydroxyl groups is 2. The van der Waals surface area contributed by atoms with Crippen molar-refractivity contribution in [3.8, 4) is 23.0 Å². The molecule has 0 spiro atoms. The number of aryl methyl sites for hydroxylation is 2. The Morgan fingerprint density at radius 3 is 1.51 bits per heavy atom. The van der Waals surface area contributed by atoms with Gasteiger partial charge in [-0.3, -0.25) is 0 Å². The monoisotopic (exact) mass is 585 g/mol. The summed E-state index contributed by atoms with van der Waals surface area (Å²) in [6.45, 7) is 4.58. The van der Waals surface area contributed by atoms with Crippen LogP contribution in [0.15, 0.2) is 24.3 Å². The first-order valence-electron chi connectivity index (χ1n) is 16.9. The van der Waals surface area contributed by atoms with Crippen LogP contribution in [0.2, 0.25) is 0 Å². The zero-order valence-corrected chi connectivity index (χ0v) is 25.6. The molecule has 6 nitrogen and oxygen atoms in total.